The first-order valence-electron chi connectivity index (χ1n) is 4.24. The van der Waals surface area contributed by atoms with Crippen LogP contribution in [0.2, 0.25) is 0 Å². The molecule has 0 bridgehead atoms. The van der Waals surface area contributed by atoms with Gasteiger partial charge in [-0.3, -0.25) is 0 Å². The van der Waals surface area contributed by atoms with E-state index in [1.54, 1.807) is 13.8 Å². The molecular weight excluding hydrogens is 207 g/mol. The van der Waals surface area contributed by atoms with Crippen LogP contribution in [0.1, 0.15) is 25.0 Å². The maximum absolute atomic E-state index is 12.5. The monoisotopic (exact) mass is 219 g/mol. The Morgan fingerprint density at radius 3 is 2.20 bits per heavy atom. The molecule has 1 rings (SSSR count). The second-order valence-electron chi connectivity index (χ2n) is 3.88. The second-order valence-corrected chi connectivity index (χ2v) is 3.88. The number of nitrogens with two attached hydrogens (primary N) is 2. The first-order valence-corrected chi connectivity index (χ1v) is 4.24. The SMILES string of the molecule is CC(C)(N)c1cnc(N)c(C(F)(F)F)c1. The van der Waals surface area contributed by atoms with E-state index in [-0.39, 0.29) is 0 Å². The number of hydrogen-bond donors (Lipinski definition) is 2. The minimum absolute atomic E-state index is 0.295. The van der Waals surface area contributed by atoms with Gasteiger partial charge in [0.25, 0.3) is 0 Å². The van der Waals surface area contributed by atoms with E-state index in [9.17, 15) is 13.2 Å². The van der Waals surface area contributed by atoms with Crippen molar-refractivity contribution < 1.29 is 13.2 Å². The molecule has 0 aromatic carbocycles. The van der Waals surface area contributed by atoms with Crippen LogP contribution in [0.3, 0.4) is 0 Å². The molecule has 4 N–H and O–H groups in total. The van der Waals surface area contributed by atoms with Crippen molar-refractivity contribution in [2.45, 2.75) is 25.6 Å². The van der Waals surface area contributed by atoms with Crippen LogP contribution >= 0.6 is 0 Å². The zero-order valence-corrected chi connectivity index (χ0v) is 8.39. The van der Waals surface area contributed by atoms with Crippen molar-refractivity contribution in [3.8, 4) is 0 Å². The van der Waals surface area contributed by atoms with E-state index < -0.39 is 23.1 Å². The number of hydrogen-bond acceptors (Lipinski definition) is 3. The fourth-order valence-corrected chi connectivity index (χ4v) is 1.05. The van der Waals surface area contributed by atoms with Gasteiger partial charge in [-0.05, 0) is 25.5 Å². The van der Waals surface area contributed by atoms with Gasteiger partial charge in [0, 0.05) is 11.7 Å². The Labute approximate surface area is 85.3 Å². The minimum atomic E-state index is -4.50. The zero-order chi connectivity index (χ0) is 11.9. The molecule has 0 atom stereocenters. The largest absolute Gasteiger partial charge is 0.419 e. The van der Waals surface area contributed by atoms with E-state index in [0.717, 1.165) is 6.07 Å². The summed E-state index contributed by atoms with van der Waals surface area (Å²) in [6.45, 7) is 3.20. The number of nitrogens with zero attached hydrogens (tertiary/aromatic N) is 1. The lowest BCUT2D eigenvalue weighted by Crippen LogP contribution is -2.29. The number of halogens is 3. The number of aromatic nitrogens is 1. The summed E-state index contributed by atoms with van der Waals surface area (Å²) in [7, 11) is 0. The van der Waals surface area contributed by atoms with Crippen LogP contribution in [0.25, 0.3) is 0 Å². The van der Waals surface area contributed by atoms with Crippen molar-refractivity contribution in [3.63, 3.8) is 0 Å². The van der Waals surface area contributed by atoms with E-state index in [1.165, 1.54) is 6.20 Å². The number of pyridine rings is 1. The van der Waals surface area contributed by atoms with Gasteiger partial charge in [0.05, 0.1) is 5.56 Å². The van der Waals surface area contributed by atoms with Gasteiger partial charge in [0.1, 0.15) is 5.82 Å². The summed E-state index contributed by atoms with van der Waals surface area (Å²) >= 11 is 0. The lowest BCUT2D eigenvalue weighted by Gasteiger charge is -2.20. The predicted octanol–water partition coefficient (Wildman–Crippen LogP) is 1.88. The molecule has 3 nitrogen and oxygen atoms in total. The van der Waals surface area contributed by atoms with Crippen LogP contribution in [-0.2, 0) is 11.7 Å². The van der Waals surface area contributed by atoms with Crippen molar-refractivity contribution in [2.75, 3.05) is 5.73 Å². The quantitative estimate of drug-likeness (QED) is 0.757. The van der Waals surface area contributed by atoms with Crippen molar-refractivity contribution in [3.05, 3.63) is 23.4 Å². The molecule has 0 aliphatic heterocycles. The van der Waals surface area contributed by atoms with Crippen molar-refractivity contribution >= 4 is 5.82 Å². The van der Waals surface area contributed by atoms with Crippen LogP contribution in [0, 0.1) is 0 Å². The number of alkyl halides is 3. The normalized spacial score (nSPS) is 12.9. The van der Waals surface area contributed by atoms with Gasteiger partial charge in [-0.1, -0.05) is 0 Å². The lowest BCUT2D eigenvalue weighted by atomic mass is 9.96. The molecule has 1 aromatic heterocycles. The first-order chi connectivity index (χ1) is 6.62. The Hall–Kier alpha value is -1.30. The van der Waals surface area contributed by atoms with Gasteiger partial charge < -0.3 is 11.5 Å². The van der Waals surface area contributed by atoms with Gasteiger partial charge in [-0.25, -0.2) is 4.98 Å². The molecule has 6 heteroatoms. The summed E-state index contributed by atoms with van der Waals surface area (Å²) in [6, 6.07) is 0.933. The molecule has 0 aliphatic rings. The van der Waals surface area contributed by atoms with Crippen LogP contribution < -0.4 is 11.5 Å². The molecule has 0 fully saturated rings. The number of nitrogen functional groups attached to an aromatic ring is 1. The van der Waals surface area contributed by atoms with E-state index in [2.05, 4.69) is 4.98 Å². The maximum Gasteiger partial charge on any atom is 0.419 e. The average Bonchev–Trinajstić information content (AvgIpc) is 2.00. The molecule has 0 aliphatic carbocycles. The third kappa shape index (κ3) is 2.59. The van der Waals surface area contributed by atoms with Crippen molar-refractivity contribution in [1.82, 2.24) is 4.98 Å². The molecule has 1 heterocycles. The van der Waals surface area contributed by atoms with Gasteiger partial charge in [-0.15, -0.1) is 0 Å². The first kappa shape index (κ1) is 11.8. The van der Waals surface area contributed by atoms with E-state index in [1.807, 2.05) is 0 Å². The zero-order valence-electron chi connectivity index (χ0n) is 8.39. The molecule has 15 heavy (non-hydrogen) atoms. The number of anilines is 1. The van der Waals surface area contributed by atoms with E-state index >= 15 is 0 Å². The van der Waals surface area contributed by atoms with E-state index in [0.29, 0.717) is 5.56 Å². The second kappa shape index (κ2) is 3.37. The molecule has 0 radical (unpaired) electrons. The highest BCUT2D eigenvalue weighted by atomic mass is 19.4. The third-order valence-corrected chi connectivity index (χ3v) is 1.97. The summed E-state index contributed by atoms with van der Waals surface area (Å²) < 4.78 is 37.4. The average molecular weight is 219 g/mol. The molecule has 0 saturated carbocycles. The van der Waals surface area contributed by atoms with Crippen LogP contribution in [0.5, 0.6) is 0 Å². The topological polar surface area (TPSA) is 64.9 Å². The maximum atomic E-state index is 12.5. The number of rotatable bonds is 1. The summed E-state index contributed by atoms with van der Waals surface area (Å²) in [5.41, 5.74) is 9.29. The standard InChI is InChI=1S/C9H12F3N3/c1-8(2,14)5-3-6(9(10,11)12)7(13)15-4-5/h3-4H,14H2,1-2H3,(H2,13,15). The Morgan fingerprint density at radius 1 is 1.27 bits per heavy atom. The van der Waals surface area contributed by atoms with Gasteiger partial charge in [0.2, 0.25) is 0 Å². The van der Waals surface area contributed by atoms with Crippen molar-refractivity contribution in [2.24, 2.45) is 5.73 Å². The van der Waals surface area contributed by atoms with E-state index in [4.69, 9.17) is 11.5 Å². The summed E-state index contributed by atoms with van der Waals surface area (Å²) in [6.07, 6.45) is -3.25. The molecule has 0 unspecified atom stereocenters. The Bertz CT molecular complexity index is 366. The van der Waals surface area contributed by atoms with Crippen molar-refractivity contribution in [1.29, 1.82) is 0 Å². The molecule has 0 saturated heterocycles. The highest BCUT2D eigenvalue weighted by Crippen LogP contribution is 2.34. The highest BCUT2D eigenvalue weighted by Gasteiger charge is 2.34. The van der Waals surface area contributed by atoms with Gasteiger partial charge in [-0.2, -0.15) is 13.2 Å². The smallest absolute Gasteiger partial charge is 0.383 e. The minimum Gasteiger partial charge on any atom is -0.383 e. The molecule has 0 spiro atoms. The Morgan fingerprint density at radius 2 is 1.80 bits per heavy atom. The summed E-state index contributed by atoms with van der Waals surface area (Å²) in [5, 5.41) is 0. The summed E-state index contributed by atoms with van der Waals surface area (Å²) in [5.74, 6) is -0.532. The fourth-order valence-electron chi connectivity index (χ4n) is 1.05. The predicted molar refractivity (Wildman–Crippen MR) is 50.9 cm³/mol. The molecule has 0 amide bonds. The third-order valence-electron chi connectivity index (χ3n) is 1.97. The van der Waals surface area contributed by atoms with Crippen LogP contribution in [0.4, 0.5) is 19.0 Å². The summed E-state index contributed by atoms with van der Waals surface area (Å²) in [4.78, 5) is 3.49. The fraction of sp³-hybridized carbons (Fsp3) is 0.444. The van der Waals surface area contributed by atoms with Gasteiger partial charge in [0.15, 0.2) is 0 Å². The molecular formula is C9H12F3N3. The van der Waals surface area contributed by atoms with Crippen LogP contribution in [-0.4, -0.2) is 4.98 Å². The van der Waals surface area contributed by atoms with Gasteiger partial charge >= 0.3 is 6.18 Å². The molecule has 1 aromatic rings. The Kier molecular flexibility index (Phi) is 2.65. The Balaban J connectivity index is 3.30. The highest BCUT2D eigenvalue weighted by molar-refractivity contribution is 5.44. The van der Waals surface area contributed by atoms with Crippen LogP contribution in [0.15, 0.2) is 12.3 Å². The lowest BCUT2D eigenvalue weighted by molar-refractivity contribution is -0.137. The molecule has 84 valence electrons.